The van der Waals surface area contributed by atoms with Gasteiger partial charge in [0.25, 0.3) is 0 Å². The van der Waals surface area contributed by atoms with Crippen LogP contribution in [-0.4, -0.2) is 14.9 Å². The fourth-order valence-electron chi connectivity index (χ4n) is 2.06. The molecule has 0 saturated carbocycles. The van der Waals surface area contributed by atoms with Crippen LogP contribution in [0.5, 0.6) is 0 Å². The first-order valence-electron chi connectivity index (χ1n) is 6.20. The predicted molar refractivity (Wildman–Crippen MR) is 77.8 cm³/mol. The second-order valence-electron chi connectivity index (χ2n) is 4.48. The van der Waals surface area contributed by atoms with E-state index in [4.69, 9.17) is 23.2 Å². The second kappa shape index (κ2) is 5.95. The molecule has 1 atom stereocenters. The number of nitrogens with zero attached hydrogens (tertiary/aromatic N) is 2. The Balaban J connectivity index is 2.46. The number of rotatable bonds is 4. The van der Waals surface area contributed by atoms with Crippen molar-refractivity contribution in [2.24, 2.45) is 0 Å². The molecule has 1 aromatic heterocycles. The molecule has 2 rings (SSSR count). The fraction of sp³-hybridized carbons (Fsp3) is 0.357. The topological polar surface area (TPSA) is 38.0 Å². The number of benzene rings is 1. The van der Waals surface area contributed by atoms with Crippen LogP contribution in [0.15, 0.2) is 24.4 Å². The zero-order valence-electron chi connectivity index (χ0n) is 10.9. The van der Waals surface area contributed by atoms with Crippen LogP contribution in [0.25, 0.3) is 0 Å². The van der Waals surface area contributed by atoms with Gasteiger partial charge in [-0.15, -0.1) is 0 Å². The van der Waals surface area contributed by atoms with Crippen molar-refractivity contribution in [2.75, 3.05) is 0 Å². The highest BCUT2D eigenvalue weighted by Crippen LogP contribution is 2.33. The first-order chi connectivity index (χ1) is 9.06. The highest BCUT2D eigenvalue weighted by atomic mass is 35.5. The van der Waals surface area contributed by atoms with Gasteiger partial charge >= 0.3 is 0 Å². The first-order valence-corrected chi connectivity index (χ1v) is 6.96. The van der Waals surface area contributed by atoms with E-state index in [1.807, 2.05) is 26.0 Å². The Morgan fingerprint density at radius 1 is 1.37 bits per heavy atom. The molecule has 0 aliphatic heterocycles. The SMILES string of the molecule is CCCn1ncc(Cl)c1C(O)c1cccc(C)c1Cl. The molecule has 1 N–H and O–H groups in total. The van der Waals surface area contributed by atoms with Crippen LogP contribution in [0.4, 0.5) is 0 Å². The second-order valence-corrected chi connectivity index (χ2v) is 5.27. The summed E-state index contributed by atoms with van der Waals surface area (Å²) in [5.41, 5.74) is 2.17. The average Bonchev–Trinajstić information content (AvgIpc) is 2.74. The van der Waals surface area contributed by atoms with E-state index in [9.17, 15) is 5.11 Å². The number of aryl methyl sites for hydroxylation is 2. The number of aliphatic hydroxyl groups excluding tert-OH is 1. The zero-order valence-corrected chi connectivity index (χ0v) is 12.4. The smallest absolute Gasteiger partial charge is 0.124 e. The third kappa shape index (κ3) is 2.78. The van der Waals surface area contributed by atoms with Crippen LogP contribution in [0.3, 0.4) is 0 Å². The highest BCUT2D eigenvalue weighted by Gasteiger charge is 2.22. The van der Waals surface area contributed by atoms with Crippen molar-refractivity contribution >= 4 is 23.2 Å². The van der Waals surface area contributed by atoms with E-state index < -0.39 is 6.10 Å². The van der Waals surface area contributed by atoms with Crippen molar-refractivity contribution in [3.05, 3.63) is 51.3 Å². The monoisotopic (exact) mass is 298 g/mol. The molecule has 0 amide bonds. The van der Waals surface area contributed by atoms with Gasteiger partial charge in [0.2, 0.25) is 0 Å². The lowest BCUT2D eigenvalue weighted by Gasteiger charge is -2.16. The summed E-state index contributed by atoms with van der Waals surface area (Å²) < 4.78 is 1.73. The molecule has 0 bridgehead atoms. The molecule has 0 saturated heterocycles. The zero-order chi connectivity index (χ0) is 14.0. The molecule has 19 heavy (non-hydrogen) atoms. The standard InChI is InChI=1S/C14H16Cl2N2O/c1-3-7-18-13(11(15)8-17-18)14(19)10-6-4-5-9(2)12(10)16/h4-6,8,14,19H,3,7H2,1-2H3. The Morgan fingerprint density at radius 2 is 2.11 bits per heavy atom. The first kappa shape index (κ1) is 14.4. The van der Waals surface area contributed by atoms with E-state index >= 15 is 0 Å². The van der Waals surface area contributed by atoms with Crippen molar-refractivity contribution in [1.29, 1.82) is 0 Å². The molecule has 5 heteroatoms. The molecule has 1 unspecified atom stereocenters. The van der Waals surface area contributed by atoms with Gasteiger partial charge in [0.05, 0.1) is 16.9 Å². The molecule has 0 spiro atoms. The van der Waals surface area contributed by atoms with Gasteiger partial charge in [0.1, 0.15) is 6.10 Å². The summed E-state index contributed by atoms with van der Waals surface area (Å²) >= 11 is 12.4. The number of hydrogen-bond donors (Lipinski definition) is 1. The van der Waals surface area contributed by atoms with Gasteiger partial charge in [-0.25, -0.2) is 0 Å². The van der Waals surface area contributed by atoms with Crippen molar-refractivity contribution < 1.29 is 5.11 Å². The van der Waals surface area contributed by atoms with Crippen LogP contribution in [-0.2, 0) is 6.54 Å². The summed E-state index contributed by atoms with van der Waals surface area (Å²) in [6.45, 7) is 4.66. The maximum Gasteiger partial charge on any atom is 0.124 e. The molecule has 0 aliphatic rings. The van der Waals surface area contributed by atoms with E-state index in [0.717, 1.165) is 12.0 Å². The summed E-state index contributed by atoms with van der Waals surface area (Å²) in [7, 11) is 0. The lowest BCUT2D eigenvalue weighted by molar-refractivity contribution is 0.207. The number of halogens is 2. The molecule has 0 fully saturated rings. The summed E-state index contributed by atoms with van der Waals surface area (Å²) in [5, 5.41) is 15.8. The molecule has 2 aromatic rings. The maximum atomic E-state index is 10.5. The van der Waals surface area contributed by atoms with Crippen molar-refractivity contribution in [1.82, 2.24) is 9.78 Å². The lowest BCUT2D eigenvalue weighted by atomic mass is 10.0. The normalized spacial score (nSPS) is 12.7. The Kier molecular flexibility index (Phi) is 4.50. The summed E-state index contributed by atoms with van der Waals surface area (Å²) in [6, 6.07) is 5.58. The third-order valence-electron chi connectivity index (χ3n) is 3.04. The lowest BCUT2D eigenvalue weighted by Crippen LogP contribution is -2.11. The highest BCUT2D eigenvalue weighted by molar-refractivity contribution is 6.32. The Labute approximate surface area is 122 Å². The minimum atomic E-state index is -0.867. The average molecular weight is 299 g/mol. The van der Waals surface area contributed by atoms with E-state index in [2.05, 4.69) is 5.10 Å². The van der Waals surface area contributed by atoms with E-state index in [1.54, 1.807) is 16.9 Å². The van der Waals surface area contributed by atoms with Gasteiger partial charge in [0.15, 0.2) is 0 Å². The Morgan fingerprint density at radius 3 is 2.79 bits per heavy atom. The molecule has 1 heterocycles. The van der Waals surface area contributed by atoms with Crippen molar-refractivity contribution in [3.63, 3.8) is 0 Å². The van der Waals surface area contributed by atoms with Crippen LogP contribution >= 0.6 is 23.2 Å². The third-order valence-corrected chi connectivity index (χ3v) is 3.85. The van der Waals surface area contributed by atoms with Crippen LogP contribution < -0.4 is 0 Å². The molecule has 0 radical (unpaired) electrons. The fourth-order valence-corrected chi connectivity index (χ4v) is 2.54. The van der Waals surface area contributed by atoms with Gasteiger partial charge in [-0.05, 0) is 18.9 Å². The van der Waals surface area contributed by atoms with Gasteiger partial charge in [-0.3, -0.25) is 4.68 Å². The molecule has 1 aromatic carbocycles. The summed E-state index contributed by atoms with van der Waals surface area (Å²) in [5.74, 6) is 0. The van der Waals surface area contributed by atoms with Crippen LogP contribution in [0.2, 0.25) is 10.0 Å². The summed E-state index contributed by atoms with van der Waals surface area (Å²) in [4.78, 5) is 0. The van der Waals surface area contributed by atoms with E-state index in [0.29, 0.717) is 27.8 Å². The Bertz CT molecular complexity index is 581. The van der Waals surface area contributed by atoms with E-state index in [1.165, 1.54) is 0 Å². The number of aliphatic hydroxyl groups is 1. The van der Waals surface area contributed by atoms with Crippen LogP contribution in [0.1, 0.15) is 36.3 Å². The van der Waals surface area contributed by atoms with Gasteiger partial charge < -0.3 is 5.11 Å². The van der Waals surface area contributed by atoms with Gasteiger partial charge in [-0.2, -0.15) is 5.10 Å². The Hall–Kier alpha value is -1.03. The minimum Gasteiger partial charge on any atom is -0.382 e. The molecular weight excluding hydrogens is 283 g/mol. The molecular formula is C14H16Cl2N2O. The molecule has 0 aliphatic carbocycles. The quantitative estimate of drug-likeness (QED) is 0.927. The summed E-state index contributed by atoms with van der Waals surface area (Å²) in [6.07, 6.45) is 1.60. The van der Waals surface area contributed by atoms with E-state index in [-0.39, 0.29) is 0 Å². The van der Waals surface area contributed by atoms with Gasteiger partial charge in [-0.1, -0.05) is 48.3 Å². The number of hydrogen-bond acceptors (Lipinski definition) is 2. The number of aromatic nitrogens is 2. The molecule has 102 valence electrons. The molecule has 3 nitrogen and oxygen atoms in total. The minimum absolute atomic E-state index is 0.457. The maximum absolute atomic E-state index is 10.5. The van der Waals surface area contributed by atoms with Crippen molar-refractivity contribution in [2.45, 2.75) is 32.9 Å². The van der Waals surface area contributed by atoms with Crippen LogP contribution in [0, 0.1) is 6.92 Å². The van der Waals surface area contributed by atoms with Gasteiger partial charge in [0, 0.05) is 17.1 Å². The van der Waals surface area contributed by atoms with Crippen molar-refractivity contribution in [3.8, 4) is 0 Å². The predicted octanol–water partition coefficient (Wildman–Crippen LogP) is 3.99. The largest absolute Gasteiger partial charge is 0.382 e.